The fourth-order valence-corrected chi connectivity index (χ4v) is 3.23. The zero-order valence-electron chi connectivity index (χ0n) is 16.7. The minimum atomic E-state index is -1.08. The van der Waals surface area contributed by atoms with Crippen LogP contribution in [0.15, 0.2) is 63.1 Å². The highest BCUT2D eigenvalue weighted by atomic mass is 32.2. The monoisotopic (exact) mass is 426 g/mol. The van der Waals surface area contributed by atoms with Crippen LogP contribution in [0.3, 0.4) is 0 Å². The Morgan fingerprint density at radius 3 is 2.57 bits per heavy atom. The van der Waals surface area contributed by atoms with Gasteiger partial charge in [0.25, 0.3) is 5.22 Å². The van der Waals surface area contributed by atoms with Crippen LogP contribution in [0, 0.1) is 0 Å². The number of rotatable bonds is 10. The molecule has 1 N–H and O–H groups in total. The van der Waals surface area contributed by atoms with Gasteiger partial charge in [-0.3, -0.25) is 0 Å². The van der Waals surface area contributed by atoms with Gasteiger partial charge in [0, 0.05) is 6.42 Å². The minimum Gasteiger partial charge on any atom is -0.490 e. The van der Waals surface area contributed by atoms with E-state index in [4.69, 9.17) is 13.9 Å². The van der Waals surface area contributed by atoms with Crippen LogP contribution >= 0.6 is 11.8 Å². The van der Waals surface area contributed by atoms with Gasteiger partial charge < -0.3 is 19.0 Å². The van der Waals surface area contributed by atoms with E-state index in [0.717, 1.165) is 17.3 Å². The summed E-state index contributed by atoms with van der Waals surface area (Å²) in [4.78, 5) is 11.7. The normalized spacial score (nSPS) is 11.3. The Kier molecular flexibility index (Phi) is 7.51. The summed E-state index contributed by atoms with van der Waals surface area (Å²) in [7, 11) is 0. The summed E-state index contributed by atoms with van der Waals surface area (Å²) in [6.07, 6.45) is 2.12. The first kappa shape index (κ1) is 21.4. The van der Waals surface area contributed by atoms with E-state index in [0.29, 0.717) is 42.6 Å². The lowest BCUT2D eigenvalue weighted by Gasteiger charge is -2.13. The molecule has 1 aromatic heterocycles. The molecule has 0 amide bonds. The van der Waals surface area contributed by atoms with Gasteiger partial charge >= 0.3 is 5.97 Å². The number of nitrogens with zero attached hydrogens (tertiary/aromatic N) is 2. The maximum absolute atomic E-state index is 11.7. The predicted octanol–water partition coefficient (Wildman–Crippen LogP) is 4.83. The van der Waals surface area contributed by atoms with Crippen molar-refractivity contribution in [3.8, 4) is 11.5 Å². The van der Waals surface area contributed by atoms with Gasteiger partial charge in [-0.1, -0.05) is 43.3 Å². The quantitative estimate of drug-likeness (QED) is 0.364. The molecular weight excluding hydrogens is 404 g/mol. The SMILES string of the molecule is CCOc1cc(/C=C(\Sc2nnc(CC)o2)C(=O)O)ccc1OCc1ccccc1. The molecule has 3 rings (SSSR count). The highest BCUT2D eigenvalue weighted by molar-refractivity contribution is 8.03. The largest absolute Gasteiger partial charge is 0.490 e. The Morgan fingerprint density at radius 1 is 1.10 bits per heavy atom. The number of carbonyl (C=O) groups is 1. The third kappa shape index (κ3) is 5.87. The molecule has 0 radical (unpaired) electrons. The number of carboxylic acids is 1. The van der Waals surface area contributed by atoms with Crippen LogP contribution in [0.1, 0.15) is 30.9 Å². The lowest BCUT2D eigenvalue weighted by molar-refractivity contribution is -0.131. The van der Waals surface area contributed by atoms with Crippen molar-refractivity contribution in [1.29, 1.82) is 0 Å². The number of aliphatic carboxylic acids is 1. The van der Waals surface area contributed by atoms with E-state index < -0.39 is 5.97 Å². The van der Waals surface area contributed by atoms with E-state index in [1.54, 1.807) is 18.2 Å². The lowest BCUT2D eigenvalue weighted by atomic mass is 10.2. The standard InChI is InChI=1S/C22H22N2O5S/c1-3-20-23-24-22(29-20)30-19(21(25)26)13-16-10-11-17(18(12-16)27-4-2)28-14-15-8-6-5-7-9-15/h5-13H,3-4,14H2,1-2H3,(H,25,26)/b19-13-. The van der Waals surface area contributed by atoms with Crippen LogP contribution in [-0.2, 0) is 17.8 Å². The first-order valence-corrected chi connectivity index (χ1v) is 10.3. The van der Waals surface area contributed by atoms with E-state index in [1.807, 2.05) is 44.2 Å². The van der Waals surface area contributed by atoms with E-state index in [1.165, 1.54) is 6.08 Å². The molecule has 8 heteroatoms. The summed E-state index contributed by atoms with van der Waals surface area (Å²) in [6, 6.07) is 15.1. The fraction of sp³-hybridized carbons (Fsp3) is 0.227. The van der Waals surface area contributed by atoms with Crippen LogP contribution in [0.4, 0.5) is 0 Å². The molecule has 0 fully saturated rings. The molecule has 0 atom stereocenters. The van der Waals surface area contributed by atoms with Crippen molar-refractivity contribution >= 4 is 23.8 Å². The minimum absolute atomic E-state index is 0.0571. The molecule has 1 heterocycles. The molecule has 0 aliphatic carbocycles. The summed E-state index contributed by atoms with van der Waals surface area (Å²) in [6.45, 7) is 4.62. The fourth-order valence-electron chi connectivity index (χ4n) is 2.54. The molecular formula is C22H22N2O5S. The zero-order valence-corrected chi connectivity index (χ0v) is 17.5. The van der Waals surface area contributed by atoms with Crippen LogP contribution < -0.4 is 9.47 Å². The van der Waals surface area contributed by atoms with Gasteiger partial charge in [-0.15, -0.1) is 10.2 Å². The average molecular weight is 426 g/mol. The molecule has 3 aromatic rings. The van der Waals surface area contributed by atoms with E-state index >= 15 is 0 Å². The summed E-state index contributed by atoms with van der Waals surface area (Å²) >= 11 is 0.908. The molecule has 2 aromatic carbocycles. The van der Waals surface area contributed by atoms with Crippen molar-refractivity contribution in [2.75, 3.05) is 6.61 Å². The highest BCUT2D eigenvalue weighted by Crippen LogP contribution is 2.32. The molecule has 0 bridgehead atoms. The molecule has 0 unspecified atom stereocenters. The van der Waals surface area contributed by atoms with Crippen molar-refractivity contribution in [1.82, 2.24) is 10.2 Å². The number of hydrogen-bond acceptors (Lipinski definition) is 7. The summed E-state index contributed by atoms with van der Waals surface area (Å²) in [5, 5.41) is 17.5. The topological polar surface area (TPSA) is 94.7 Å². The Hall–Kier alpha value is -3.26. The second-order valence-electron chi connectivity index (χ2n) is 6.14. The molecule has 30 heavy (non-hydrogen) atoms. The van der Waals surface area contributed by atoms with Crippen molar-refractivity contribution < 1.29 is 23.8 Å². The number of thioether (sulfide) groups is 1. The summed E-state index contributed by atoms with van der Waals surface area (Å²) in [5.41, 5.74) is 1.70. The molecule has 0 aliphatic heterocycles. The van der Waals surface area contributed by atoms with Gasteiger partial charge in [0.1, 0.15) is 11.5 Å². The van der Waals surface area contributed by atoms with Gasteiger partial charge in [0.2, 0.25) is 5.89 Å². The number of aromatic nitrogens is 2. The molecule has 7 nitrogen and oxygen atoms in total. The second-order valence-corrected chi connectivity index (χ2v) is 7.14. The van der Waals surface area contributed by atoms with Crippen LogP contribution in [0.5, 0.6) is 11.5 Å². The van der Waals surface area contributed by atoms with Gasteiger partial charge in [-0.2, -0.15) is 0 Å². The lowest BCUT2D eigenvalue weighted by Crippen LogP contribution is -2.00. The number of carboxylic acid groups (broad SMARTS) is 1. The van der Waals surface area contributed by atoms with Crippen LogP contribution in [0.25, 0.3) is 6.08 Å². The molecule has 0 saturated heterocycles. The molecule has 0 spiro atoms. The van der Waals surface area contributed by atoms with Gasteiger partial charge in [0.05, 0.1) is 6.61 Å². The number of benzene rings is 2. The van der Waals surface area contributed by atoms with Gasteiger partial charge in [0.15, 0.2) is 11.5 Å². The Bertz CT molecular complexity index is 1020. The van der Waals surface area contributed by atoms with Gasteiger partial charge in [-0.25, -0.2) is 4.79 Å². The van der Waals surface area contributed by atoms with E-state index in [9.17, 15) is 9.90 Å². The van der Waals surface area contributed by atoms with E-state index in [2.05, 4.69) is 10.2 Å². The zero-order chi connectivity index (χ0) is 21.3. The first-order valence-electron chi connectivity index (χ1n) is 9.47. The number of aryl methyl sites for hydroxylation is 1. The van der Waals surface area contributed by atoms with Crippen molar-refractivity contribution in [3.63, 3.8) is 0 Å². The Labute approximate surface area is 178 Å². The number of hydrogen-bond donors (Lipinski definition) is 1. The summed E-state index contributed by atoms with van der Waals surface area (Å²) < 4.78 is 17.0. The number of ether oxygens (including phenoxy) is 2. The van der Waals surface area contributed by atoms with E-state index in [-0.39, 0.29) is 10.1 Å². The van der Waals surface area contributed by atoms with Crippen molar-refractivity contribution in [3.05, 3.63) is 70.5 Å². The maximum atomic E-state index is 11.7. The third-order valence-corrected chi connectivity index (χ3v) is 4.81. The smallest absolute Gasteiger partial charge is 0.342 e. The predicted molar refractivity (Wildman–Crippen MR) is 114 cm³/mol. The maximum Gasteiger partial charge on any atom is 0.342 e. The third-order valence-electron chi connectivity index (χ3n) is 3.96. The van der Waals surface area contributed by atoms with Crippen LogP contribution in [0.2, 0.25) is 0 Å². The average Bonchev–Trinajstić information content (AvgIpc) is 3.21. The Morgan fingerprint density at radius 2 is 1.90 bits per heavy atom. The second kappa shape index (κ2) is 10.5. The highest BCUT2D eigenvalue weighted by Gasteiger charge is 2.15. The van der Waals surface area contributed by atoms with Crippen molar-refractivity contribution in [2.24, 2.45) is 0 Å². The molecule has 0 aliphatic rings. The molecule has 156 valence electrons. The summed E-state index contributed by atoms with van der Waals surface area (Å²) in [5.74, 6) is 0.509. The first-order chi connectivity index (χ1) is 14.6. The van der Waals surface area contributed by atoms with Crippen molar-refractivity contribution in [2.45, 2.75) is 32.1 Å². The van der Waals surface area contributed by atoms with Crippen LogP contribution in [-0.4, -0.2) is 27.9 Å². The Balaban J connectivity index is 1.80. The van der Waals surface area contributed by atoms with Gasteiger partial charge in [-0.05, 0) is 48.0 Å². The molecule has 0 saturated carbocycles.